The number of carboxylic acid groups (broad SMARTS) is 1. The van der Waals surface area contributed by atoms with E-state index in [9.17, 15) is 9.90 Å². The number of benzene rings is 2. The smallest absolute Gasteiger partial charge is 0.0608 e. The zero-order chi connectivity index (χ0) is 15.5. The van der Waals surface area contributed by atoms with Gasteiger partial charge in [0.15, 0.2) is 0 Å². The molecule has 0 aromatic heterocycles. The molecule has 0 aliphatic rings. The fourth-order valence-corrected chi connectivity index (χ4v) is 2.31. The first-order valence-corrected chi connectivity index (χ1v) is 7.01. The minimum Gasteiger partial charge on any atom is -0.548 e. The van der Waals surface area contributed by atoms with Gasteiger partial charge < -0.3 is 14.8 Å². The standard InChI is InChI=1S/C18H21NO2/c1-18(2,3)19(13-17(20)21)16-11-9-15(10-12-16)14-7-5-4-6-8-14/h4-12H,13H2,1-3H3,(H,20,21)/p-1. The lowest BCUT2D eigenvalue weighted by molar-refractivity contribution is -0.303. The van der Waals surface area contributed by atoms with Gasteiger partial charge in [-0.15, -0.1) is 0 Å². The van der Waals surface area contributed by atoms with Gasteiger partial charge in [0.05, 0.1) is 12.5 Å². The molecule has 0 bridgehead atoms. The highest BCUT2D eigenvalue weighted by atomic mass is 16.4. The molecule has 0 aliphatic carbocycles. The lowest BCUT2D eigenvalue weighted by atomic mass is 10.0. The van der Waals surface area contributed by atoms with Crippen LogP contribution in [0.1, 0.15) is 20.8 Å². The Hall–Kier alpha value is -2.29. The Morgan fingerprint density at radius 1 is 0.952 bits per heavy atom. The summed E-state index contributed by atoms with van der Waals surface area (Å²) in [6.45, 7) is 5.84. The maximum absolute atomic E-state index is 11.0. The van der Waals surface area contributed by atoms with Crippen molar-refractivity contribution in [2.45, 2.75) is 26.3 Å². The highest BCUT2D eigenvalue weighted by Crippen LogP contribution is 2.27. The number of carbonyl (C=O) groups excluding carboxylic acids is 1. The summed E-state index contributed by atoms with van der Waals surface area (Å²) in [5.41, 5.74) is 2.85. The van der Waals surface area contributed by atoms with Gasteiger partial charge in [0.25, 0.3) is 0 Å². The fourth-order valence-electron chi connectivity index (χ4n) is 2.31. The van der Waals surface area contributed by atoms with Crippen molar-refractivity contribution in [3.05, 3.63) is 54.6 Å². The summed E-state index contributed by atoms with van der Waals surface area (Å²) in [7, 11) is 0. The molecule has 0 atom stereocenters. The third kappa shape index (κ3) is 3.85. The molecule has 3 heteroatoms. The predicted molar refractivity (Wildman–Crippen MR) is 84.0 cm³/mol. The molecule has 0 N–H and O–H groups in total. The van der Waals surface area contributed by atoms with Crippen LogP contribution in [-0.4, -0.2) is 18.1 Å². The topological polar surface area (TPSA) is 43.4 Å². The first kappa shape index (κ1) is 15.1. The second-order valence-corrected chi connectivity index (χ2v) is 6.04. The average Bonchev–Trinajstić information content (AvgIpc) is 2.45. The molecule has 21 heavy (non-hydrogen) atoms. The van der Waals surface area contributed by atoms with Crippen LogP contribution in [0.5, 0.6) is 0 Å². The van der Waals surface area contributed by atoms with E-state index in [1.165, 1.54) is 0 Å². The summed E-state index contributed by atoms with van der Waals surface area (Å²) in [6.07, 6.45) is 0. The highest BCUT2D eigenvalue weighted by Gasteiger charge is 2.21. The van der Waals surface area contributed by atoms with Crippen LogP contribution >= 0.6 is 0 Å². The Morgan fingerprint density at radius 3 is 1.95 bits per heavy atom. The van der Waals surface area contributed by atoms with Gasteiger partial charge in [0.2, 0.25) is 0 Å². The number of hydrogen-bond acceptors (Lipinski definition) is 3. The zero-order valence-electron chi connectivity index (χ0n) is 12.7. The van der Waals surface area contributed by atoms with Crippen LogP contribution in [0.15, 0.2) is 54.6 Å². The molecule has 0 saturated heterocycles. The van der Waals surface area contributed by atoms with Crippen LogP contribution in [-0.2, 0) is 4.79 Å². The van der Waals surface area contributed by atoms with E-state index in [0.717, 1.165) is 16.8 Å². The van der Waals surface area contributed by atoms with Crippen LogP contribution in [0.3, 0.4) is 0 Å². The minimum absolute atomic E-state index is 0.117. The molecular weight excluding hydrogens is 262 g/mol. The Balaban J connectivity index is 2.30. The normalized spacial score (nSPS) is 11.2. The van der Waals surface area contributed by atoms with Crippen molar-refractivity contribution in [3.8, 4) is 11.1 Å². The molecule has 3 nitrogen and oxygen atoms in total. The van der Waals surface area contributed by atoms with Gasteiger partial charge in [-0.1, -0.05) is 42.5 Å². The van der Waals surface area contributed by atoms with Crippen molar-refractivity contribution in [1.82, 2.24) is 0 Å². The summed E-state index contributed by atoms with van der Waals surface area (Å²) < 4.78 is 0. The van der Waals surface area contributed by atoms with E-state index in [0.29, 0.717) is 0 Å². The van der Waals surface area contributed by atoms with E-state index in [4.69, 9.17) is 0 Å². The van der Waals surface area contributed by atoms with E-state index in [1.54, 1.807) is 0 Å². The number of aliphatic carboxylic acids is 1. The molecule has 2 aromatic carbocycles. The van der Waals surface area contributed by atoms with Gasteiger partial charge in [-0.3, -0.25) is 0 Å². The van der Waals surface area contributed by atoms with Crippen molar-refractivity contribution in [1.29, 1.82) is 0 Å². The van der Waals surface area contributed by atoms with Crippen LogP contribution in [0.2, 0.25) is 0 Å². The third-order valence-electron chi connectivity index (χ3n) is 3.38. The van der Waals surface area contributed by atoms with Gasteiger partial charge in [0, 0.05) is 11.2 Å². The Bertz CT molecular complexity index is 597. The fraction of sp³-hybridized carbons (Fsp3) is 0.278. The van der Waals surface area contributed by atoms with E-state index in [2.05, 4.69) is 12.1 Å². The SMILES string of the molecule is CC(C)(C)N(CC(=O)[O-])c1ccc(-c2ccccc2)cc1. The number of carbonyl (C=O) groups is 1. The summed E-state index contributed by atoms with van der Waals surface area (Å²) in [5.74, 6) is -1.07. The van der Waals surface area contributed by atoms with Crippen molar-refractivity contribution >= 4 is 11.7 Å². The number of anilines is 1. The molecular formula is C18H20NO2-. The van der Waals surface area contributed by atoms with Crippen molar-refractivity contribution in [2.24, 2.45) is 0 Å². The summed E-state index contributed by atoms with van der Waals surface area (Å²) >= 11 is 0. The Labute approximate surface area is 125 Å². The summed E-state index contributed by atoms with van der Waals surface area (Å²) in [6, 6.07) is 18.0. The van der Waals surface area contributed by atoms with Crippen molar-refractivity contribution < 1.29 is 9.90 Å². The first-order chi connectivity index (χ1) is 9.88. The quantitative estimate of drug-likeness (QED) is 0.866. The second kappa shape index (κ2) is 6.00. The monoisotopic (exact) mass is 282 g/mol. The molecule has 0 aliphatic heterocycles. The Kier molecular flexibility index (Phi) is 4.32. The van der Waals surface area contributed by atoms with Crippen LogP contribution in [0.25, 0.3) is 11.1 Å². The molecule has 0 unspecified atom stereocenters. The minimum atomic E-state index is -1.07. The van der Waals surface area contributed by atoms with Gasteiger partial charge >= 0.3 is 0 Å². The first-order valence-electron chi connectivity index (χ1n) is 7.01. The van der Waals surface area contributed by atoms with Crippen molar-refractivity contribution in [3.63, 3.8) is 0 Å². The van der Waals surface area contributed by atoms with E-state index in [1.807, 2.05) is 68.1 Å². The van der Waals surface area contributed by atoms with Crippen LogP contribution < -0.4 is 10.0 Å². The average molecular weight is 282 g/mol. The number of rotatable bonds is 4. The molecule has 2 aromatic rings. The molecule has 2 rings (SSSR count). The number of nitrogens with zero attached hydrogens (tertiary/aromatic N) is 1. The number of hydrogen-bond donors (Lipinski definition) is 0. The van der Waals surface area contributed by atoms with E-state index in [-0.39, 0.29) is 12.1 Å². The second-order valence-electron chi connectivity index (χ2n) is 6.04. The van der Waals surface area contributed by atoms with Gasteiger partial charge in [0.1, 0.15) is 0 Å². The number of carboxylic acids is 1. The molecule has 0 amide bonds. The molecule has 0 spiro atoms. The predicted octanol–water partition coefficient (Wildman–Crippen LogP) is 2.71. The molecule has 0 saturated carbocycles. The Morgan fingerprint density at radius 2 is 1.48 bits per heavy atom. The van der Waals surface area contributed by atoms with E-state index < -0.39 is 5.97 Å². The highest BCUT2D eigenvalue weighted by molar-refractivity contribution is 5.73. The van der Waals surface area contributed by atoms with Gasteiger partial charge in [-0.25, -0.2) is 0 Å². The lowest BCUT2D eigenvalue weighted by Crippen LogP contribution is -2.48. The van der Waals surface area contributed by atoms with Crippen LogP contribution in [0.4, 0.5) is 5.69 Å². The van der Waals surface area contributed by atoms with Crippen molar-refractivity contribution in [2.75, 3.05) is 11.4 Å². The molecule has 0 radical (unpaired) electrons. The maximum atomic E-state index is 11.0. The third-order valence-corrected chi connectivity index (χ3v) is 3.38. The zero-order valence-corrected chi connectivity index (χ0v) is 12.7. The maximum Gasteiger partial charge on any atom is 0.0608 e. The summed E-state index contributed by atoms with van der Waals surface area (Å²) in [4.78, 5) is 12.8. The molecule has 0 heterocycles. The van der Waals surface area contributed by atoms with Crippen LogP contribution in [0, 0.1) is 0 Å². The lowest BCUT2D eigenvalue weighted by Gasteiger charge is -2.38. The van der Waals surface area contributed by atoms with E-state index >= 15 is 0 Å². The summed E-state index contributed by atoms with van der Waals surface area (Å²) in [5, 5.41) is 11.0. The van der Waals surface area contributed by atoms with Gasteiger partial charge in [-0.05, 0) is 44.0 Å². The van der Waals surface area contributed by atoms with Gasteiger partial charge in [-0.2, -0.15) is 0 Å². The molecule has 110 valence electrons. The largest absolute Gasteiger partial charge is 0.548 e. The molecule has 0 fully saturated rings.